The summed E-state index contributed by atoms with van der Waals surface area (Å²) >= 11 is 3.47. The number of hydrogen-bond acceptors (Lipinski definition) is 2. The van der Waals surface area contributed by atoms with Crippen molar-refractivity contribution in [1.29, 1.82) is 0 Å². The molecule has 1 aromatic carbocycles. The quantitative estimate of drug-likeness (QED) is 0.789. The van der Waals surface area contributed by atoms with Crippen LogP contribution in [-0.2, 0) is 4.79 Å². The van der Waals surface area contributed by atoms with Gasteiger partial charge in [0.25, 0.3) is 0 Å². The Balaban J connectivity index is 1.94. The number of carbonyl (C=O) groups excluding carboxylic acids is 1. The molecule has 0 spiro atoms. The van der Waals surface area contributed by atoms with Crippen LogP contribution in [0.3, 0.4) is 0 Å². The Kier molecular flexibility index (Phi) is 2.77. The molecule has 2 bridgehead atoms. The normalized spacial score (nSPS) is 29.7. The summed E-state index contributed by atoms with van der Waals surface area (Å²) in [5.74, 6) is 0.696. The van der Waals surface area contributed by atoms with Crippen molar-refractivity contribution in [3.05, 3.63) is 28.7 Å². The Labute approximate surface area is 116 Å². The molecule has 0 N–H and O–H groups in total. The van der Waals surface area contributed by atoms with Crippen LogP contribution in [0.15, 0.2) is 28.7 Å². The summed E-state index contributed by atoms with van der Waals surface area (Å²) in [5.41, 5.74) is 1.48. The van der Waals surface area contributed by atoms with E-state index < -0.39 is 0 Å². The maximum Gasteiger partial charge on any atom is 0.139 e. The number of Topliss-reactive ketones (excluding diaryl/α,β-unsaturated/α-hetero) is 1. The zero-order chi connectivity index (χ0) is 12.9. The Hall–Kier alpha value is -0.830. The Morgan fingerprint density at radius 3 is 2.56 bits per heavy atom. The molecule has 3 fully saturated rings. The molecule has 1 aromatic rings. The third-order valence-electron chi connectivity index (χ3n) is 4.48. The van der Waals surface area contributed by atoms with E-state index in [1.807, 2.05) is 0 Å². The molecule has 4 rings (SSSR count). The molecule has 3 heteroatoms. The first-order chi connectivity index (χ1) is 8.47. The van der Waals surface area contributed by atoms with E-state index in [0.717, 1.165) is 17.4 Å². The van der Waals surface area contributed by atoms with Crippen LogP contribution in [0.4, 0.5) is 5.69 Å². The third-order valence-corrected chi connectivity index (χ3v) is 5.00. The van der Waals surface area contributed by atoms with E-state index in [2.05, 4.69) is 58.9 Å². The van der Waals surface area contributed by atoms with E-state index >= 15 is 0 Å². The first-order valence-electron chi connectivity index (χ1n) is 6.52. The standard InChI is InChI=1S/C15H18BrNO/c1-15(2)8-10-9-17(14(15)7-13(10)18)12-5-3-11(16)4-6-12/h3-6,10,14H,7-9H2,1-2H3. The first kappa shape index (κ1) is 12.2. The van der Waals surface area contributed by atoms with Gasteiger partial charge in [-0.15, -0.1) is 0 Å². The summed E-state index contributed by atoms with van der Waals surface area (Å²) in [4.78, 5) is 14.4. The van der Waals surface area contributed by atoms with Crippen LogP contribution in [0.1, 0.15) is 26.7 Å². The fourth-order valence-corrected chi connectivity index (χ4v) is 3.76. The van der Waals surface area contributed by atoms with E-state index in [0.29, 0.717) is 18.2 Å². The van der Waals surface area contributed by atoms with E-state index in [-0.39, 0.29) is 11.3 Å². The molecule has 2 aliphatic heterocycles. The van der Waals surface area contributed by atoms with Crippen molar-refractivity contribution in [2.45, 2.75) is 32.7 Å². The summed E-state index contributed by atoms with van der Waals surface area (Å²) in [5, 5.41) is 0. The highest BCUT2D eigenvalue weighted by molar-refractivity contribution is 9.10. The average molecular weight is 308 g/mol. The van der Waals surface area contributed by atoms with Gasteiger partial charge in [-0.3, -0.25) is 4.79 Å². The predicted molar refractivity (Wildman–Crippen MR) is 76.8 cm³/mol. The minimum atomic E-state index is 0.230. The molecule has 0 radical (unpaired) electrons. The van der Waals surface area contributed by atoms with Crippen molar-refractivity contribution in [3.63, 3.8) is 0 Å². The van der Waals surface area contributed by atoms with Gasteiger partial charge in [0.2, 0.25) is 0 Å². The number of benzene rings is 1. The highest BCUT2D eigenvalue weighted by Gasteiger charge is 2.49. The predicted octanol–water partition coefficient (Wildman–Crippen LogP) is 3.64. The van der Waals surface area contributed by atoms with E-state index in [1.54, 1.807) is 0 Å². The van der Waals surface area contributed by atoms with Gasteiger partial charge >= 0.3 is 0 Å². The van der Waals surface area contributed by atoms with Gasteiger partial charge in [0.1, 0.15) is 5.78 Å². The Bertz CT molecular complexity index is 480. The molecule has 2 unspecified atom stereocenters. The van der Waals surface area contributed by atoms with Gasteiger partial charge in [-0.1, -0.05) is 29.8 Å². The fourth-order valence-electron chi connectivity index (χ4n) is 3.50. The summed E-state index contributed by atoms with van der Waals surface area (Å²) in [6, 6.07) is 8.80. The van der Waals surface area contributed by atoms with Crippen molar-refractivity contribution >= 4 is 27.4 Å². The van der Waals surface area contributed by atoms with Gasteiger partial charge in [0.15, 0.2) is 0 Å². The van der Waals surface area contributed by atoms with Crippen molar-refractivity contribution in [1.82, 2.24) is 0 Å². The number of fused-ring (bicyclic) bond motifs is 3. The molecular formula is C15H18BrNO. The van der Waals surface area contributed by atoms with Crippen LogP contribution in [0, 0.1) is 11.3 Å². The largest absolute Gasteiger partial charge is 0.367 e. The molecule has 3 aliphatic rings. The number of hydrogen-bond donors (Lipinski definition) is 0. The van der Waals surface area contributed by atoms with Crippen LogP contribution in [0.25, 0.3) is 0 Å². The van der Waals surface area contributed by atoms with Gasteiger partial charge in [-0.05, 0) is 36.1 Å². The van der Waals surface area contributed by atoms with Crippen LogP contribution < -0.4 is 4.90 Å². The number of nitrogens with zero attached hydrogens (tertiary/aromatic N) is 1. The monoisotopic (exact) mass is 307 g/mol. The third kappa shape index (κ3) is 1.89. The SMILES string of the molecule is CC1(C)CC2CN(c3ccc(Br)cc3)C1CC2=O. The molecule has 96 valence electrons. The zero-order valence-electron chi connectivity index (χ0n) is 10.8. The number of piperidine rings is 2. The minimum Gasteiger partial charge on any atom is -0.367 e. The zero-order valence-corrected chi connectivity index (χ0v) is 12.4. The van der Waals surface area contributed by atoms with Crippen molar-refractivity contribution in [2.24, 2.45) is 11.3 Å². The van der Waals surface area contributed by atoms with Gasteiger partial charge in [-0.25, -0.2) is 0 Å². The Morgan fingerprint density at radius 1 is 1.28 bits per heavy atom. The fraction of sp³-hybridized carbons (Fsp3) is 0.533. The van der Waals surface area contributed by atoms with E-state index in [9.17, 15) is 4.79 Å². The van der Waals surface area contributed by atoms with Gasteiger partial charge in [-0.2, -0.15) is 0 Å². The molecular weight excluding hydrogens is 290 g/mol. The molecule has 1 aliphatic carbocycles. The van der Waals surface area contributed by atoms with Crippen LogP contribution in [0.2, 0.25) is 0 Å². The molecule has 2 saturated heterocycles. The second kappa shape index (κ2) is 4.09. The maximum atomic E-state index is 11.9. The Morgan fingerprint density at radius 2 is 1.94 bits per heavy atom. The topological polar surface area (TPSA) is 20.3 Å². The van der Waals surface area contributed by atoms with Crippen molar-refractivity contribution in [2.75, 3.05) is 11.4 Å². The summed E-state index contributed by atoms with van der Waals surface area (Å²) < 4.78 is 1.10. The average Bonchev–Trinajstić information content (AvgIpc) is 2.31. The lowest BCUT2D eigenvalue weighted by atomic mass is 9.64. The number of rotatable bonds is 1. The van der Waals surface area contributed by atoms with Crippen LogP contribution >= 0.6 is 15.9 Å². The number of halogens is 1. The van der Waals surface area contributed by atoms with Crippen LogP contribution in [0.5, 0.6) is 0 Å². The van der Waals surface area contributed by atoms with Crippen molar-refractivity contribution < 1.29 is 4.79 Å². The van der Waals surface area contributed by atoms with Crippen molar-refractivity contribution in [3.8, 4) is 0 Å². The van der Waals surface area contributed by atoms with Gasteiger partial charge in [0, 0.05) is 35.1 Å². The number of carbonyl (C=O) groups is 1. The molecule has 2 heterocycles. The molecule has 1 saturated carbocycles. The van der Waals surface area contributed by atoms with E-state index in [1.165, 1.54) is 5.69 Å². The highest BCUT2D eigenvalue weighted by atomic mass is 79.9. The smallest absolute Gasteiger partial charge is 0.139 e. The summed E-state index contributed by atoms with van der Waals surface area (Å²) in [6.45, 7) is 5.48. The minimum absolute atomic E-state index is 0.230. The molecule has 18 heavy (non-hydrogen) atoms. The lowest BCUT2D eigenvalue weighted by Crippen LogP contribution is -2.60. The lowest BCUT2D eigenvalue weighted by molar-refractivity contribution is -0.130. The maximum absolute atomic E-state index is 11.9. The van der Waals surface area contributed by atoms with Gasteiger partial charge in [0.05, 0.1) is 0 Å². The molecule has 0 amide bonds. The molecule has 2 atom stereocenters. The second-order valence-corrected chi connectivity index (χ2v) is 7.12. The van der Waals surface area contributed by atoms with Crippen LogP contribution in [-0.4, -0.2) is 18.4 Å². The number of ketones is 1. The first-order valence-corrected chi connectivity index (χ1v) is 7.31. The summed E-state index contributed by atoms with van der Waals surface area (Å²) in [7, 11) is 0. The molecule has 2 nitrogen and oxygen atoms in total. The second-order valence-electron chi connectivity index (χ2n) is 6.20. The van der Waals surface area contributed by atoms with Gasteiger partial charge < -0.3 is 4.90 Å². The number of anilines is 1. The summed E-state index contributed by atoms with van der Waals surface area (Å²) in [6.07, 6.45) is 1.76. The molecule has 0 aromatic heterocycles. The lowest BCUT2D eigenvalue weighted by Gasteiger charge is -2.54. The van der Waals surface area contributed by atoms with E-state index in [4.69, 9.17) is 0 Å². The highest BCUT2D eigenvalue weighted by Crippen LogP contribution is 2.46.